The van der Waals surface area contributed by atoms with Crippen molar-refractivity contribution in [3.05, 3.63) is 75.8 Å². The molecule has 2 aromatic carbocycles. The van der Waals surface area contributed by atoms with Crippen LogP contribution in [0.25, 0.3) is 11.3 Å². The van der Waals surface area contributed by atoms with E-state index in [4.69, 9.17) is 16.1 Å². The van der Waals surface area contributed by atoms with Gasteiger partial charge in [0.05, 0.1) is 16.1 Å². The number of rotatable bonds is 5. The number of alkyl halides is 3. The Balaban J connectivity index is 1.72. The molecule has 0 aliphatic heterocycles. The van der Waals surface area contributed by atoms with E-state index in [1.807, 2.05) is 0 Å². The minimum absolute atomic E-state index is 0.0161. The van der Waals surface area contributed by atoms with Gasteiger partial charge >= 0.3 is 6.18 Å². The van der Waals surface area contributed by atoms with E-state index >= 15 is 0 Å². The summed E-state index contributed by atoms with van der Waals surface area (Å²) in [5.74, 6) is -1.01. The zero-order valence-electron chi connectivity index (χ0n) is 15.1. The quantitative estimate of drug-likeness (QED) is 0.553. The number of halogens is 5. The number of amides is 1. The number of benzene rings is 2. The molecule has 0 atom stereocenters. The Labute approximate surface area is 168 Å². The van der Waals surface area contributed by atoms with Crippen LogP contribution in [0.15, 0.2) is 47.0 Å². The van der Waals surface area contributed by atoms with Gasteiger partial charge in [0.2, 0.25) is 0 Å². The number of carbonyl (C=O) groups excluding carboxylic acids is 1. The van der Waals surface area contributed by atoms with E-state index in [1.165, 1.54) is 37.3 Å². The van der Waals surface area contributed by atoms with Gasteiger partial charge in [-0.15, -0.1) is 0 Å². The maximum absolute atomic E-state index is 14.2. The van der Waals surface area contributed by atoms with Crippen LogP contribution < -0.4 is 5.32 Å². The third-order valence-corrected chi connectivity index (χ3v) is 4.58. The smallest absolute Gasteiger partial charge is 0.360 e. The summed E-state index contributed by atoms with van der Waals surface area (Å²) in [5.41, 5.74) is -0.129. The lowest BCUT2D eigenvalue weighted by Crippen LogP contribution is -2.26. The van der Waals surface area contributed by atoms with E-state index in [2.05, 4.69) is 10.5 Å². The molecule has 4 nitrogen and oxygen atoms in total. The number of hydrogen-bond acceptors (Lipinski definition) is 3. The second kappa shape index (κ2) is 8.24. The Morgan fingerprint density at radius 1 is 1.17 bits per heavy atom. The fourth-order valence-corrected chi connectivity index (χ4v) is 3.06. The number of aryl methyl sites for hydroxylation is 1. The molecule has 1 heterocycles. The second-order valence-corrected chi connectivity index (χ2v) is 6.67. The van der Waals surface area contributed by atoms with Crippen molar-refractivity contribution in [1.29, 1.82) is 0 Å². The van der Waals surface area contributed by atoms with Crippen LogP contribution in [0.5, 0.6) is 0 Å². The zero-order chi connectivity index (χ0) is 21.2. The summed E-state index contributed by atoms with van der Waals surface area (Å²) in [6, 6.07) is 8.76. The lowest BCUT2D eigenvalue weighted by atomic mass is 10.0. The van der Waals surface area contributed by atoms with Crippen molar-refractivity contribution in [2.75, 3.05) is 6.54 Å². The first kappa shape index (κ1) is 20.9. The van der Waals surface area contributed by atoms with Gasteiger partial charge in [-0.2, -0.15) is 13.2 Å². The SMILES string of the molecule is Cc1onc(-c2c(F)cccc2Cl)c1C(=O)NCCc1ccc(C(F)(F)F)cc1. The Bertz CT molecular complexity index is 1010. The van der Waals surface area contributed by atoms with Gasteiger partial charge in [-0.05, 0) is 43.2 Å². The molecule has 9 heteroatoms. The normalized spacial score (nSPS) is 11.5. The molecule has 29 heavy (non-hydrogen) atoms. The Morgan fingerprint density at radius 3 is 2.48 bits per heavy atom. The highest BCUT2D eigenvalue weighted by molar-refractivity contribution is 6.33. The predicted molar refractivity (Wildman–Crippen MR) is 99.1 cm³/mol. The van der Waals surface area contributed by atoms with Crippen LogP contribution in [-0.4, -0.2) is 17.6 Å². The summed E-state index contributed by atoms with van der Waals surface area (Å²) in [6.07, 6.45) is -4.09. The molecule has 0 unspecified atom stereocenters. The van der Waals surface area contributed by atoms with Crippen LogP contribution in [0.3, 0.4) is 0 Å². The lowest BCUT2D eigenvalue weighted by molar-refractivity contribution is -0.137. The van der Waals surface area contributed by atoms with Gasteiger partial charge in [0.15, 0.2) is 0 Å². The fraction of sp³-hybridized carbons (Fsp3) is 0.200. The molecule has 0 radical (unpaired) electrons. The summed E-state index contributed by atoms with van der Waals surface area (Å²) in [7, 11) is 0. The van der Waals surface area contributed by atoms with Gasteiger partial charge in [0.1, 0.15) is 22.8 Å². The van der Waals surface area contributed by atoms with Crippen molar-refractivity contribution >= 4 is 17.5 Å². The molecule has 0 saturated heterocycles. The molecular weight excluding hydrogens is 412 g/mol. The first-order valence-corrected chi connectivity index (χ1v) is 8.91. The van der Waals surface area contributed by atoms with Crippen molar-refractivity contribution in [2.24, 2.45) is 0 Å². The van der Waals surface area contributed by atoms with Crippen LogP contribution >= 0.6 is 11.6 Å². The zero-order valence-corrected chi connectivity index (χ0v) is 15.9. The number of carbonyl (C=O) groups is 1. The summed E-state index contributed by atoms with van der Waals surface area (Å²) in [5, 5.41) is 6.48. The average Bonchev–Trinajstić information content (AvgIpc) is 3.02. The minimum Gasteiger partial charge on any atom is -0.360 e. The van der Waals surface area contributed by atoms with E-state index in [-0.39, 0.29) is 34.1 Å². The molecule has 3 rings (SSSR count). The molecule has 1 aromatic heterocycles. The highest BCUT2D eigenvalue weighted by Crippen LogP contribution is 2.33. The van der Waals surface area contributed by atoms with E-state index in [0.29, 0.717) is 12.0 Å². The molecule has 0 saturated carbocycles. The second-order valence-electron chi connectivity index (χ2n) is 6.26. The van der Waals surface area contributed by atoms with Gasteiger partial charge in [0.25, 0.3) is 5.91 Å². The standard InChI is InChI=1S/C20H15ClF4N2O2/c1-11-16(18(27-29-11)17-14(21)3-2-4-15(17)22)19(28)26-10-9-12-5-7-13(8-6-12)20(23,24)25/h2-8H,9-10H2,1H3,(H,26,28). The van der Waals surface area contributed by atoms with Crippen LogP contribution in [0, 0.1) is 12.7 Å². The third-order valence-electron chi connectivity index (χ3n) is 4.27. The topological polar surface area (TPSA) is 55.1 Å². The average molecular weight is 427 g/mol. The molecule has 0 spiro atoms. The first-order valence-electron chi connectivity index (χ1n) is 8.53. The third kappa shape index (κ3) is 4.59. The summed E-state index contributed by atoms with van der Waals surface area (Å²) in [6.45, 7) is 1.66. The Hall–Kier alpha value is -2.87. The highest BCUT2D eigenvalue weighted by Gasteiger charge is 2.30. The van der Waals surface area contributed by atoms with Crippen molar-refractivity contribution in [3.63, 3.8) is 0 Å². The highest BCUT2D eigenvalue weighted by atomic mass is 35.5. The van der Waals surface area contributed by atoms with Gasteiger partial charge < -0.3 is 9.84 Å². The van der Waals surface area contributed by atoms with Crippen LogP contribution in [0.2, 0.25) is 5.02 Å². The molecule has 0 bridgehead atoms. The maximum atomic E-state index is 14.2. The molecule has 152 valence electrons. The van der Waals surface area contributed by atoms with Gasteiger partial charge in [0, 0.05) is 6.54 Å². The van der Waals surface area contributed by atoms with Crippen LogP contribution in [0.4, 0.5) is 17.6 Å². The lowest BCUT2D eigenvalue weighted by Gasteiger charge is -2.09. The maximum Gasteiger partial charge on any atom is 0.416 e. The number of nitrogens with one attached hydrogen (secondary N) is 1. The minimum atomic E-state index is -4.40. The Morgan fingerprint density at radius 2 is 1.86 bits per heavy atom. The first-order chi connectivity index (χ1) is 13.7. The molecule has 1 amide bonds. The van der Waals surface area contributed by atoms with Crippen molar-refractivity contribution in [2.45, 2.75) is 19.5 Å². The fourth-order valence-electron chi connectivity index (χ4n) is 2.80. The molecule has 0 fully saturated rings. The number of nitrogens with zero attached hydrogens (tertiary/aromatic N) is 1. The largest absolute Gasteiger partial charge is 0.416 e. The summed E-state index contributed by atoms with van der Waals surface area (Å²) < 4.78 is 57.0. The van der Waals surface area contributed by atoms with E-state index < -0.39 is 23.5 Å². The number of aromatic nitrogens is 1. The summed E-state index contributed by atoms with van der Waals surface area (Å²) >= 11 is 6.05. The van der Waals surface area contributed by atoms with Gasteiger partial charge in [-0.1, -0.05) is 35.0 Å². The van der Waals surface area contributed by atoms with Gasteiger partial charge in [-0.3, -0.25) is 4.79 Å². The van der Waals surface area contributed by atoms with Crippen molar-refractivity contribution in [3.8, 4) is 11.3 Å². The van der Waals surface area contributed by atoms with E-state index in [0.717, 1.165) is 12.1 Å². The monoisotopic (exact) mass is 426 g/mol. The molecule has 1 N–H and O–H groups in total. The predicted octanol–water partition coefficient (Wildman–Crippen LogP) is 5.43. The molecular formula is C20H15ClF4N2O2. The van der Waals surface area contributed by atoms with Crippen molar-refractivity contribution < 1.29 is 26.9 Å². The summed E-state index contributed by atoms with van der Waals surface area (Å²) in [4.78, 5) is 12.6. The van der Waals surface area contributed by atoms with E-state index in [1.54, 1.807) is 0 Å². The molecule has 0 aliphatic rings. The van der Waals surface area contributed by atoms with Gasteiger partial charge in [-0.25, -0.2) is 4.39 Å². The molecule has 3 aromatic rings. The molecule has 0 aliphatic carbocycles. The Kier molecular flexibility index (Phi) is 5.93. The van der Waals surface area contributed by atoms with Crippen LogP contribution in [0.1, 0.15) is 27.2 Å². The van der Waals surface area contributed by atoms with E-state index in [9.17, 15) is 22.4 Å². The number of hydrogen-bond donors (Lipinski definition) is 1. The van der Waals surface area contributed by atoms with Crippen LogP contribution in [-0.2, 0) is 12.6 Å². The van der Waals surface area contributed by atoms with Crippen molar-refractivity contribution in [1.82, 2.24) is 10.5 Å².